The number of likely N-dealkylation sites (tertiary alicyclic amines) is 1. The summed E-state index contributed by atoms with van der Waals surface area (Å²) in [4.78, 5) is 19.6. The van der Waals surface area contributed by atoms with E-state index in [2.05, 4.69) is 27.6 Å². The Morgan fingerprint density at radius 3 is 2.92 bits per heavy atom. The Bertz CT molecular complexity index is 809. The van der Waals surface area contributed by atoms with Gasteiger partial charge in [0.05, 0.1) is 12.3 Å². The lowest BCUT2D eigenvalue weighted by atomic mass is 9.96. The first-order valence-corrected chi connectivity index (χ1v) is 9.28. The van der Waals surface area contributed by atoms with Gasteiger partial charge in [-0.05, 0) is 31.4 Å². The number of aromatic nitrogens is 3. The van der Waals surface area contributed by atoms with Crippen molar-refractivity contribution in [1.29, 1.82) is 0 Å². The highest BCUT2D eigenvalue weighted by Gasteiger charge is 2.28. The van der Waals surface area contributed by atoms with Crippen LogP contribution in [0.3, 0.4) is 0 Å². The maximum atomic E-state index is 12.4. The molecule has 0 bridgehead atoms. The van der Waals surface area contributed by atoms with Gasteiger partial charge in [-0.25, -0.2) is 4.79 Å². The molecule has 0 saturated carbocycles. The van der Waals surface area contributed by atoms with Gasteiger partial charge in [0.1, 0.15) is 11.9 Å². The van der Waals surface area contributed by atoms with E-state index in [1.807, 2.05) is 33.7 Å². The van der Waals surface area contributed by atoms with Crippen molar-refractivity contribution >= 4 is 17.4 Å². The molecular weight excluding hydrogens is 332 g/mol. The van der Waals surface area contributed by atoms with Crippen molar-refractivity contribution in [2.75, 3.05) is 19.6 Å². The molecule has 8 nitrogen and oxygen atoms in total. The third-order valence-electron chi connectivity index (χ3n) is 5.17. The Kier molecular flexibility index (Phi) is 4.73. The summed E-state index contributed by atoms with van der Waals surface area (Å²) in [6.07, 6.45) is 5.46. The number of piperidine rings is 1. The van der Waals surface area contributed by atoms with Crippen LogP contribution in [0.2, 0.25) is 0 Å². The van der Waals surface area contributed by atoms with E-state index in [9.17, 15) is 4.79 Å². The summed E-state index contributed by atoms with van der Waals surface area (Å²) in [7, 11) is 0. The van der Waals surface area contributed by atoms with Crippen LogP contribution in [0.25, 0.3) is 5.65 Å². The van der Waals surface area contributed by atoms with Crippen molar-refractivity contribution in [3.05, 3.63) is 30.2 Å². The Balaban J connectivity index is 1.27. The summed E-state index contributed by atoms with van der Waals surface area (Å²) in [5, 5.41) is 15.6. The SMILES string of the molecule is CCC1=NO[C@@H](CNC(=O)N2CCC(c3nnc4ccccn34)CC2)C1. The van der Waals surface area contributed by atoms with E-state index >= 15 is 0 Å². The molecule has 1 saturated heterocycles. The average Bonchev–Trinajstić information content (AvgIpc) is 3.33. The first-order valence-electron chi connectivity index (χ1n) is 9.28. The Morgan fingerprint density at radius 1 is 1.31 bits per heavy atom. The lowest BCUT2D eigenvalue weighted by molar-refractivity contribution is 0.0842. The Labute approximate surface area is 152 Å². The van der Waals surface area contributed by atoms with Crippen LogP contribution >= 0.6 is 0 Å². The number of rotatable bonds is 4. The predicted octanol–water partition coefficient (Wildman–Crippen LogP) is 2.17. The van der Waals surface area contributed by atoms with Gasteiger partial charge in [-0.2, -0.15) is 0 Å². The van der Waals surface area contributed by atoms with Crippen LogP contribution in [0.15, 0.2) is 29.6 Å². The van der Waals surface area contributed by atoms with Crippen molar-refractivity contribution in [3.63, 3.8) is 0 Å². The molecule has 8 heteroatoms. The lowest BCUT2D eigenvalue weighted by Crippen LogP contribution is -2.46. The molecule has 0 spiro atoms. The average molecular weight is 356 g/mol. The molecule has 0 radical (unpaired) electrons. The van der Waals surface area contributed by atoms with E-state index < -0.39 is 0 Å². The molecule has 1 atom stereocenters. The number of fused-ring (bicyclic) bond motifs is 1. The quantitative estimate of drug-likeness (QED) is 0.910. The summed E-state index contributed by atoms with van der Waals surface area (Å²) in [6, 6.07) is 5.88. The molecule has 4 heterocycles. The number of carbonyl (C=O) groups excluding carboxylic acids is 1. The number of pyridine rings is 1. The summed E-state index contributed by atoms with van der Waals surface area (Å²) < 4.78 is 2.04. The van der Waals surface area contributed by atoms with E-state index in [-0.39, 0.29) is 12.1 Å². The number of nitrogens with one attached hydrogen (secondary N) is 1. The fourth-order valence-corrected chi connectivity index (χ4v) is 3.60. The van der Waals surface area contributed by atoms with Crippen LogP contribution in [-0.4, -0.2) is 57.0 Å². The van der Waals surface area contributed by atoms with Gasteiger partial charge in [0.25, 0.3) is 0 Å². The third kappa shape index (κ3) is 3.36. The number of amides is 2. The minimum Gasteiger partial charge on any atom is -0.390 e. The minimum absolute atomic E-state index is 0.0249. The van der Waals surface area contributed by atoms with E-state index in [0.717, 1.165) is 56.0 Å². The molecule has 0 aliphatic carbocycles. The monoisotopic (exact) mass is 356 g/mol. The van der Waals surface area contributed by atoms with Crippen LogP contribution in [0.4, 0.5) is 4.79 Å². The number of urea groups is 1. The van der Waals surface area contributed by atoms with Gasteiger partial charge in [-0.1, -0.05) is 18.1 Å². The molecule has 2 aromatic heterocycles. The van der Waals surface area contributed by atoms with Crippen molar-refractivity contribution in [3.8, 4) is 0 Å². The lowest BCUT2D eigenvalue weighted by Gasteiger charge is -2.31. The molecule has 138 valence electrons. The third-order valence-corrected chi connectivity index (χ3v) is 5.17. The van der Waals surface area contributed by atoms with Gasteiger partial charge in [0.2, 0.25) is 0 Å². The first-order chi connectivity index (χ1) is 12.7. The number of nitrogens with zero attached hydrogens (tertiary/aromatic N) is 5. The zero-order chi connectivity index (χ0) is 17.9. The number of carbonyl (C=O) groups is 1. The van der Waals surface area contributed by atoms with Gasteiger partial charge < -0.3 is 15.1 Å². The van der Waals surface area contributed by atoms with Gasteiger partial charge in [-0.3, -0.25) is 4.40 Å². The Morgan fingerprint density at radius 2 is 2.15 bits per heavy atom. The van der Waals surface area contributed by atoms with Crippen molar-refractivity contribution < 1.29 is 9.63 Å². The van der Waals surface area contributed by atoms with Gasteiger partial charge >= 0.3 is 6.03 Å². The maximum Gasteiger partial charge on any atom is 0.317 e. The molecule has 26 heavy (non-hydrogen) atoms. The highest BCUT2D eigenvalue weighted by Crippen LogP contribution is 2.27. The second kappa shape index (κ2) is 7.31. The van der Waals surface area contributed by atoms with Gasteiger partial charge in [-0.15, -0.1) is 10.2 Å². The fourth-order valence-electron chi connectivity index (χ4n) is 3.60. The molecule has 0 unspecified atom stereocenters. The molecule has 1 N–H and O–H groups in total. The minimum atomic E-state index is -0.0335. The number of oxime groups is 1. The molecule has 4 rings (SSSR count). The normalized spacial score (nSPS) is 20.9. The van der Waals surface area contributed by atoms with Crippen molar-refractivity contribution in [2.45, 2.75) is 44.6 Å². The topological polar surface area (TPSA) is 84.1 Å². The molecular formula is C18H24N6O2. The van der Waals surface area contributed by atoms with E-state index in [0.29, 0.717) is 12.5 Å². The van der Waals surface area contributed by atoms with Gasteiger partial charge in [0, 0.05) is 31.6 Å². The number of hydrogen-bond acceptors (Lipinski definition) is 5. The largest absolute Gasteiger partial charge is 0.390 e. The zero-order valence-electron chi connectivity index (χ0n) is 15.0. The molecule has 2 amide bonds. The van der Waals surface area contributed by atoms with Crippen LogP contribution in [-0.2, 0) is 4.84 Å². The summed E-state index contributed by atoms with van der Waals surface area (Å²) in [5.41, 5.74) is 1.93. The van der Waals surface area contributed by atoms with E-state index in [4.69, 9.17) is 4.84 Å². The summed E-state index contributed by atoms with van der Waals surface area (Å²) >= 11 is 0. The first kappa shape index (κ1) is 16.8. The highest BCUT2D eigenvalue weighted by atomic mass is 16.6. The molecule has 2 aromatic rings. The van der Waals surface area contributed by atoms with Crippen LogP contribution in [0, 0.1) is 0 Å². The van der Waals surface area contributed by atoms with Crippen molar-refractivity contribution in [1.82, 2.24) is 24.8 Å². The zero-order valence-corrected chi connectivity index (χ0v) is 15.0. The van der Waals surface area contributed by atoms with E-state index in [1.54, 1.807) is 0 Å². The summed E-state index contributed by atoms with van der Waals surface area (Å²) in [6.45, 7) is 4.01. The standard InChI is InChI=1S/C18H24N6O2/c1-2-14-11-15(26-22-14)12-19-18(25)23-9-6-13(7-10-23)17-21-20-16-5-3-4-8-24(16)17/h3-5,8,13,15H,2,6-7,9-12H2,1H3,(H,19,25)/t15-/m1/s1. The predicted molar refractivity (Wildman–Crippen MR) is 97.1 cm³/mol. The second-order valence-electron chi connectivity index (χ2n) is 6.88. The molecule has 0 aromatic carbocycles. The van der Waals surface area contributed by atoms with Crippen LogP contribution in [0.5, 0.6) is 0 Å². The molecule has 2 aliphatic heterocycles. The van der Waals surface area contributed by atoms with Crippen LogP contribution in [0.1, 0.15) is 44.3 Å². The summed E-state index contributed by atoms with van der Waals surface area (Å²) in [5.74, 6) is 1.32. The molecule has 1 fully saturated rings. The van der Waals surface area contributed by atoms with Crippen LogP contribution < -0.4 is 5.32 Å². The smallest absolute Gasteiger partial charge is 0.317 e. The Hall–Kier alpha value is -2.64. The second-order valence-corrected chi connectivity index (χ2v) is 6.88. The highest BCUT2D eigenvalue weighted by molar-refractivity contribution is 5.85. The van der Waals surface area contributed by atoms with Gasteiger partial charge in [0.15, 0.2) is 5.65 Å². The maximum absolute atomic E-state index is 12.4. The van der Waals surface area contributed by atoms with Crippen molar-refractivity contribution in [2.24, 2.45) is 5.16 Å². The molecule has 2 aliphatic rings. The fraction of sp³-hybridized carbons (Fsp3) is 0.556. The number of hydrogen-bond donors (Lipinski definition) is 1. The van der Waals surface area contributed by atoms with E-state index in [1.165, 1.54) is 0 Å².